The highest BCUT2D eigenvalue weighted by atomic mass is 35.5. The Balaban J connectivity index is 1.33. The second kappa shape index (κ2) is 13.4. The quantitative estimate of drug-likeness (QED) is 0.136. The predicted octanol–water partition coefficient (Wildman–Crippen LogP) is 6.33. The third kappa shape index (κ3) is 6.51. The molecule has 6 rings (SSSR count). The Kier molecular flexibility index (Phi) is 9.00. The molecule has 3 aromatic carbocycles. The van der Waals surface area contributed by atoms with Crippen molar-refractivity contribution in [1.82, 2.24) is 25.1 Å². The highest BCUT2D eigenvalue weighted by Crippen LogP contribution is 2.35. The molecule has 0 radical (unpaired) electrons. The molecule has 0 saturated carbocycles. The third-order valence-electron chi connectivity index (χ3n) is 8.49. The Bertz CT molecular complexity index is 1720. The van der Waals surface area contributed by atoms with Crippen LogP contribution in [0.4, 0.5) is 0 Å². The SMILES string of the molecule is C=C(COC)N1CCC(c2cccc([C@H](Cc3ccccc3)c3ccc(-c4cc(Cl)ccc4-n4cnnn4)c[n+]3[O-])c2)CC1. The summed E-state index contributed by atoms with van der Waals surface area (Å²) in [4.78, 5) is 2.33. The summed E-state index contributed by atoms with van der Waals surface area (Å²) in [5.41, 5.74) is 7.57. The van der Waals surface area contributed by atoms with Crippen molar-refractivity contribution in [2.45, 2.75) is 31.1 Å². The van der Waals surface area contributed by atoms with E-state index in [1.54, 1.807) is 24.1 Å². The van der Waals surface area contributed by atoms with Crippen LogP contribution in [-0.2, 0) is 11.2 Å². The van der Waals surface area contributed by atoms with Gasteiger partial charge in [-0.3, -0.25) is 0 Å². The van der Waals surface area contributed by atoms with Gasteiger partial charge < -0.3 is 14.8 Å². The van der Waals surface area contributed by atoms with Gasteiger partial charge in [-0.05, 0) is 76.6 Å². The van der Waals surface area contributed by atoms with Crippen molar-refractivity contribution in [3.8, 4) is 16.8 Å². The maximum atomic E-state index is 13.9. The molecule has 3 heterocycles. The molecule has 1 fully saturated rings. The number of nitrogens with zero attached hydrogens (tertiary/aromatic N) is 6. The lowest BCUT2D eigenvalue weighted by molar-refractivity contribution is -0.614. The number of piperidine rings is 1. The van der Waals surface area contributed by atoms with E-state index in [0.717, 1.165) is 58.7 Å². The first kappa shape index (κ1) is 29.5. The zero-order valence-electron chi connectivity index (χ0n) is 24.7. The van der Waals surface area contributed by atoms with Crippen molar-refractivity contribution < 1.29 is 9.47 Å². The van der Waals surface area contributed by atoms with Gasteiger partial charge in [0.2, 0.25) is 5.69 Å². The van der Waals surface area contributed by atoms with Crippen LogP contribution in [-0.4, -0.2) is 51.9 Å². The summed E-state index contributed by atoms with van der Waals surface area (Å²) in [7, 11) is 1.71. The van der Waals surface area contributed by atoms with Gasteiger partial charge in [0.1, 0.15) is 6.33 Å². The Labute approximate surface area is 262 Å². The first-order chi connectivity index (χ1) is 21.5. The maximum Gasteiger partial charge on any atom is 0.200 e. The largest absolute Gasteiger partial charge is 0.618 e. The van der Waals surface area contributed by atoms with E-state index in [4.69, 9.17) is 16.3 Å². The normalized spacial score (nSPS) is 14.5. The number of hydrogen-bond donors (Lipinski definition) is 0. The number of tetrazole rings is 1. The van der Waals surface area contributed by atoms with Crippen LogP contribution in [0, 0.1) is 5.21 Å². The van der Waals surface area contributed by atoms with Crippen molar-refractivity contribution in [1.29, 1.82) is 0 Å². The molecule has 0 aliphatic carbocycles. The summed E-state index contributed by atoms with van der Waals surface area (Å²) >= 11 is 6.38. The van der Waals surface area contributed by atoms with Crippen LogP contribution in [0.3, 0.4) is 0 Å². The van der Waals surface area contributed by atoms with E-state index in [1.165, 1.54) is 17.5 Å². The van der Waals surface area contributed by atoms with E-state index >= 15 is 0 Å². The molecule has 0 unspecified atom stereocenters. The third-order valence-corrected chi connectivity index (χ3v) is 8.72. The van der Waals surface area contributed by atoms with Crippen molar-refractivity contribution in [3.05, 3.63) is 142 Å². The minimum Gasteiger partial charge on any atom is -0.618 e. The lowest BCUT2D eigenvalue weighted by Gasteiger charge is -2.35. The number of likely N-dealkylation sites (tertiary alicyclic amines) is 1. The van der Waals surface area contributed by atoms with Crippen molar-refractivity contribution >= 4 is 11.6 Å². The van der Waals surface area contributed by atoms with Crippen LogP contribution in [0.2, 0.25) is 5.02 Å². The second-order valence-electron chi connectivity index (χ2n) is 11.3. The fourth-order valence-corrected chi connectivity index (χ4v) is 6.36. The molecule has 0 N–H and O–H groups in total. The van der Waals surface area contributed by atoms with E-state index in [-0.39, 0.29) is 5.92 Å². The molecule has 0 amide bonds. The molecule has 1 atom stereocenters. The number of halogens is 1. The summed E-state index contributed by atoms with van der Waals surface area (Å²) in [5, 5.41) is 26.0. The maximum absolute atomic E-state index is 13.9. The van der Waals surface area contributed by atoms with Crippen LogP contribution in [0.5, 0.6) is 0 Å². The Morgan fingerprint density at radius 3 is 2.59 bits per heavy atom. The minimum absolute atomic E-state index is 0.135. The molecule has 5 aromatic rings. The van der Waals surface area contributed by atoms with Gasteiger partial charge in [0.05, 0.1) is 18.2 Å². The molecule has 1 aliphatic rings. The zero-order chi connectivity index (χ0) is 30.5. The fourth-order valence-electron chi connectivity index (χ4n) is 6.19. The number of aromatic nitrogens is 5. The first-order valence-electron chi connectivity index (χ1n) is 14.8. The highest BCUT2D eigenvalue weighted by molar-refractivity contribution is 6.31. The summed E-state index contributed by atoms with van der Waals surface area (Å²) in [5.74, 6) is 0.317. The van der Waals surface area contributed by atoms with Gasteiger partial charge >= 0.3 is 0 Å². The van der Waals surface area contributed by atoms with Crippen LogP contribution >= 0.6 is 11.6 Å². The van der Waals surface area contributed by atoms with Crippen LogP contribution < -0.4 is 4.73 Å². The fraction of sp³-hybridized carbons (Fsp3) is 0.257. The van der Waals surface area contributed by atoms with Crippen LogP contribution in [0.15, 0.2) is 110 Å². The average molecular weight is 607 g/mol. The van der Waals surface area contributed by atoms with Crippen molar-refractivity contribution in [2.75, 3.05) is 26.8 Å². The Morgan fingerprint density at radius 2 is 1.86 bits per heavy atom. The topological polar surface area (TPSA) is 83.0 Å². The molecule has 224 valence electrons. The monoisotopic (exact) mass is 606 g/mol. The summed E-state index contributed by atoms with van der Waals surface area (Å²) in [6, 6.07) is 28.5. The van der Waals surface area contributed by atoms with E-state index in [9.17, 15) is 5.21 Å². The van der Waals surface area contributed by atoms with E-state index in [0.29, 0.717) is 29.7 Å². The molecule has 0 spiro atoms. The second-order valence-corrected chi connectivity index (χ2v) is 11.7. The average Bonchev–Trinajstić information content (AvgIpc) is 3.60. The number of methoxy groups -OCH3 is 1. The number of hydrogen-bond acceptors (Lipinski definition) is 6. The van der Waals surface area contributed by atoms with E-state index in [2.05, 4.69) is 63.4 Å². The van der Waals surface area contributed by atoms with Crippen LogP contribution in [0.1, 0.15) is 47.1 Å². The van der Waals surface area contributed by atoms with Gasteiger partial charge in [0, 0.05) is 48.1 Å². The van der Waals surface area contributed by atoms with Gasteiger partial charge in [-0.15, -0.1) is 5.10 Å². The smallest absolute Gasteiger partial charge is 0.200 e. The van der Waals surface area contributed by atoms with Gasteiger partial charge in [0.25, 0.3) is 0 Å². The molecule has 1 saturated heterocycles. The minimum atomic E-state index is -0.135. The van der Waals surface area contributed by atoms with E-state index < -0.39 is 0 Å². The van der Waals surface area contributed by atoms with Crippen molar-refractivity contribution in [3.63, 3.8) is 0 Å². The summed E-state index contributed by atoms with van der Waals surface area (Å²) in [6.07, 6.45) is 5.95. The molecule has 2 aromatic heterocycles. The molecule has 44 heavy (non-hydrogen) atoms. The van der Waals surface area contributed by atoms with Gasteiger partial charge in [-0.25, -0.2) is 0 Å². The molecule has 9 heteroatoms. The van der Waals surface area contributed by atoms with Gasteiger partial charge in [-0.1, -0.05) is 72.8 Å². The predicted molar refractivity (Wildman–Crippen MR) is 172 cm³/mol. The lowest BCUT2D eigenvalue weighted by Crippen LogP contribution is -2.34. The first-order valence-corrected chi connectivity index (χ1v) is 15.2. The van der Waals surface area contributed by atoms with Crippen LogP contribution in [0.25, 0.3) is 16.8 Å². The Morgan fingerprint density at radius 1 is 1.05 bits per heavy atom. The number of pyridine rings is 1. The molecule has 1 aliphatic heterocycles. The standard InChI is InChI=1S/C35H35ClN6O2/c1-25(23-44-2)40-17-15-27(16-18-40)28-9-6-10-29(20-28)32(19-26-7-4-3-5-8-26)35-13-11-30(22-42(35)43)33-21-31(36)12-14-34(33)41-24-37-38-39-41/h3-14,20-22,24,27,32H,1,15-19,23H2,2H3/t32-/m0/s1. The molecular weight excluding hydrogens is 572 g/mol. The Hall–Kier alpha value is -4.53. The molecular formula is C35H35ClN6O2. The number of ether oxygens (including phenoxy) is 1. The summed E-state index contributed by atoms with van der Waals surface area (Å²) < 4.78 is 7.85. The summed E-state index contributed by atoms with van der Waals surface area (Å²) in [6.45, 7) is 6.67. The number of rotatable bonds is 10. The molecule has 0 bridgehead atoms. The van der Waals surface area contributed by atoms with E-state index in [1.807, 2.05) is 42.5 Å². The highest BCUT2D eigenvalue weighted by Gasteiger charge is 2.26. The van der Waals surface area contributed by atoms with Gasteiger partial charge in [-0.2, -0.15) is 9.41 Å². The van der Waals surface area contributed by atoms with Gasteiger partial charge in [0.15, 0.2) is 6.20 Å². The van der Waals surface area contributed by atoms with Crippen molar-refractivity contribution in [2.24, 2.45) is 0 Å². The lowest BCUT2D eigenvalue weighted by atomic mass is 9.84. The number of benzene rings is 3. The molecule has 8 nitrogen and oxygen atoms in total. The zero-order valence-corrected chi connectivity index (χ0v) is 25.5.